The topological polar surface area (TPSA) is 73.9 Å². The summed E-state index contributed by atoms with van der Waals surface area (Å²) in [6.07, 6.45) is -4.53. The number of ether oxygens (including phenoxy) is 3. The van der Waals surface area contributed by atoms with Crippen LogP contribution in [0.15, 0.2) is 72.8 Å². The molecular formula is C24H20F3NO5. The molecule has 0 unspecified atom stereocenters. The van der Waals surface area contributed by atoms with Crippen molar-refractivity contribution in [1.82, 2.24) is 0 Å². The Morgan fingerprint density at radius 3 is 2.33 bits per heavy atom. The minimum atomic E-state index is -4.53. The van der Waals surface area contributed by atoms with Crippen molar-refractivity contribution in [1.29, 1.82) is 0 Å². The molecule has 0 saturated heterocycles. The van der Waals surface area contributed by atoms with E-state index in [1.165, 1.54) is 6.07 Å². The number of para-hydroxylation sites is 2. The van der Waals surface area contributed by atoms with Gasteiger partial charge in [-0.1, -0.05) is 35.9 Å². The van der Waals surface area contributed by atoms with E-state index in [4.69, 9.17) is 14.2 Å². The molecule has 3 rings (SSSR count). The molecule has 0 heterocycles. The van der Waals surface area contributed by atoms with Crippen LogP contribution < -0.4 is 14.8 Å². The van der Waals surface area contributed by atoms with Crippen molar-refractivity contribution in [2.45, 2.75) is 13.1 Å². The number of carbonyl (C=O) groups excluding carboxylic acids is 2. The van der Waals surface area contributed by atoms with Gasteiger partial charge < -0.3 is 19.5 Å². The van der Waals surface area contributed by atoms with Crippen LogP contribution >= 0.6 is 0 Å². The molecule has 6 nitrogen and oxygen atoms in total. The van der Waals surface area contributed by atoms with Gasteiger partial charge in [0.15, 0.2) is 19.0 Å². The summed E-state index contributed by atoms with van der Waals surface area (Å²) in [4.78, 5) is 24.0. The smallest absolute Gasteiger partial charge is 0.416 e. The number of amides is 1. The van der Waals surface area contributed by atoms with E-state index in [0.717, 1.165) is 23.8 Å². The lowest BCUT2D eigenvalue weighted by molar-refractivity contribution is -0.149. The highest BCUT2D eigenvalue weighted by Gasteiger charge is 2.30. The minimum Gasteiger partial charge on any atom is -0.482 e. The Bertz CT molecular complexity index is 1110. The maximum atomic E-state index is 12.7. The standard InChI is InChI=1S/C24H20F3NO5/c1-16-9-11-18(12-10-16)33-21-8-3-2-7-20(21)28-22(29)14-32-23(30)15-31-19-6-4-5-17(13-19)24(25,26)27/h2-13H,14-15H2,1H3,(H,28,29). The van der Waals surface area contributed by atoms with Crippen LogP contribution in [0.4, 0.5) is 18.9 Å². The zero-order valence-electron chi connectivity index (χ0n) is 17.5. The van der Waals surface area contributed by atoms with Gasteiger partial charge >= 0.3 is 12.1 Å². The molecule has 0 aliphatic rings. The van der Waals surface area contributed by atoms with Gasteiger partial charge in [-0.2, -0.15) is 13.2 Å². The van der Waals surface area contributed by atoms with Gasteiger partial charge in [-0.25, -0.2) is 4.79 Å². The predicted octanol–water partition coefficient (Wildman–Crippen LogP) is 5.37. The molecule has 0 aliphatic carbocycles. The van der Waals surface area contributed by atoms with Gasteiger partial charge in [0.1, 0.15) is 11.5 Å². The average molecular weight is 459 g/mol. The summed E-state index contributed by atoms with van der Waals surface area (Å²) in [7, 11) is 0. The van der Waals surface area contributed by atoms with Crippen LogP contribution in [0, 0.1) is 6.92 Å². The molecule has 0 fully saturated rings. The van der Waals surface area contributed by atoms with Crippen LogP contribution in [0.2, 0.25) is 0 Å². The number of nitrogens with one attached hydrogen (secondary N) is 1. The monoisotopic (exact) mass is 459 g/mol. The van der Waals surface area contributed by atoms with Crippen LogP contribution in [0.1, 0.15) is 11.1 Å². The molecule has 0 bridgehead atoms. The van der Waals surface area contributed by atoms with E-state index < -0.39 is 36.8 Å². The largest absolute Gasteiger partial charge is 0.482 e. The quantitative estimate of drug-likeness (QED) is 0.459. The number of halogens is 3. The Hall–Kier alpha value is -4.01. The average Bonchev–Trinajstić information content (AvgIpc) is 2.79. The zero-order valence-corrected chi connectivity index (χ0v) is 17.5. The summed E-state index contributed by atoms with van der Waals surface area (Å²) in [6.45, 7) is 0.690. The van der Waals surface area contributed by atoms with Crippen LogP contribution in [-0.2, 0) is 20.5 Å². The van der Waals surface area contributed by atoms with Gasteiger partial charge in [-0.3, -0.25) is 4.79 Å². The molecule has 1 amide bonds. The molecule has 172 valence electrons. The van der Waals surface area contributed by atoms with Crippen molar-refractivity contribution < 1.29 is 37.0 Å². The molecule has 3 aromatic rings. The summed E-state index contributed by atoms with van der Waals surface area (Å²) in [5, 5.41) is 2.59. The molecule has 0 spiro atoms. The zero-order chi connectivity index (χ0) is 23.8. The summed E-state index contributed by atoms with van der Waals surface area (Å²) in [5.74, 6) is -0.697. The summed E-state index contributed by atoms with van der Waals surface area (Å²) in [6, 6.07) is 18.2. The van der Waals surface area contributed by atoms with Gasteiger partial charge in [-0.05, 0) is 49.4 Å². The normalized spacial score (nSPS) is 10.9. The van der Waals surface area contributed by atoms with Gasteiger partial charge in [0.2, 0.25) is 0 Å². The molecule has 0 atom stereocenters. The summed E-state index contributed by atoms with van der Waals surface area (Å²) < 4.78 is 53.8. The molecular weight excluding hydrogens is 439 g/mol. The lowest BCUT2D eigenvalue weighted by atomic mass is 10.2. The number of rotatable bonds is 8. The fraction of sp³-hybridized carbons (Fsp3) is 0.167. The van der Waals surface area contributed by atoms with Crippen LogP contribution in [0.3, 0.4) is 0 Å². The fourth-order valence-corrected chi connectivity index (χ4v) is 2.67. The molecule has 0 aliphatic heterocycles. The highest BCUT2D eigenvalue weighted by molar-refractivity contribution is 5.94. The second-order valence-electron chi connectivity index (χ2n) is 6.93. The van der Waals surface area contributed by atoms with Crippen molar-refractivity contribution in [3.8, 4) is 17.2 Å². The minimum absolute atomic E-state index is 0.145. The highest BCUT2D eigenvalue weighted by atomic mass is 19.4. The van der Waals surface area contributed by atoms with Crippen molar-refractivity contribution >= 4 is 17.6 Å². The van der Waals surface area contributed by atoms with Gasteiger partial charge in [-0.15, -0.1) is 0 Å². The second kappa shape index (κ2) is 10.5. The van der Waals surface area contributed by atoms with Gasteiger partial charge in [0.05, 0.1) is 11.3 Å². The van der Waals surface area contributed by atoms with Crippen LogP contribution in [0.5, 0.6) is 17.2 Å². The number of benzene rings is 3. The van der Waals surface area contributed by atoms with Crippen molar-refractivity contribution in [2.75, 3.05) is 18.5 Å². The highest BCUT2D eigenvalue weighted by Crippen LogP contribution is 2.31. The maximum Gasteiger partial charge on any atom is 0.416 e. The molecule has 33 heavy (non-hydrogen) atoms. The SMILES string of the molecule is Cc1ccc(Oc2ccccc2NC(=O)COC(=O)COc2cccc(C(F)(F)F)c2)cc1. The van der Waals surface area contributed by atoms with Crippen molar-refractivity contribution in [2.24, 2.45) is 0 Å². The first-order valence-electron chi connectivity index (χ1n) is 9.80. The van der Waals surface area contributed by atoms with Crippen LogP contribution in [0.25, 0.3) is 0 Å². The molecule has 9 heteroatoms. The number of hydrogen-bond donors (Lipinski definition) is 1. The second-order valence-corrected chi connectivity index (χ2v) is 6.93. The number of esters is 1. The third-order valence-corrected chi connectivity index (χ3v) is 4.29. The van der Waals surface area contributed by atoms with E-state index >= 15 is 0 Å². The van der Waals surface area contributed by atoms with E-state index in [0.29, 0.717) is 17.2 Å². The van der Waals surface area contributed by atoms with E-state index in [-0.39, 0.29) is 5.75 Å². The Labute approximate surface area is 187 Å². The molecule has 3 aromatic carbocycles. The maximum absolute atomic E-state index is 12.7. The number of hydrogen-bond acceptors (Lipinski definition) is 5. The molecule has 0 radical (unpaired) electrons. The van der Waals surface area contributed by atoms with E-state index in [1.54, 1.807) is 36.4 Å². The first-order valence-corrected chi connectivity index (χ1v) is 9.80. The molecule has 1 N–H and O–H groups in total. The Kier molecular flexibility index (Phi) is 7.55. The van der Waals surface area contributed by atoms with Crippen molar-refractivity contribution in [3.05, 3.63) is 83.9 Å². The Morgan fingerprint density at radius 2 is 1.61 bits per heavy atom. The van der Waals surface area contributed by atoms with E-state index in [9.17, 15) is 22.8 Å². The number of carbonyl (C=O) groups is 2. The summed E-state index contributed by atoms with van der Waals surface area (Å²) >= 11 is 0. The number of aryl methyl sites for hydroxylation is 1. The van der Waals surface area contributed by atoms with Gasteiger partial charge in [0.25, 0.3) is 5.91 Å². The van der Waals surface area contributed by atoms with Crippen molar-refractivity contribution in [3.63, 3.8) is 0 Å². The Morgan fingerprint density at radius 1 is 0.879 bits per heavy atom. The first kappa shape index (κ1) is 23.6. The number of alkyl halides is 3. The summed E-state index contributed by atoms with van der Waals surface area (Å²) in [5.41, 5.74) is 0.543. The fourth-order valence-electron chi connectivity index (χ4n) is 2.67. The Balaban J connectivity index is 1.49. The third-order valence-electron chi connectivity index (χ3n) is 4.29. The predicted molar refractivity (Wildman–Crippen MR) is 114 cm³/mol. The molecule has 0 saturated carbocycles. The third kappa shape index (κ3) is 7.27. The number of anilines is 1. The first-order chi connectivity index (χ1) is 15.7. The van der Waals surface area contributed by atoms with E-state index in [2.05, 4.69) is 5.32 Å². The van der Waals surface area contributed by atoms with Crippen LogP contribution in [-0.4, -0.2) is 25.1 Å². The van der Waals surface area contributed by atoms with Gasteiger partial charge in [0, 0.05) is 0 Å². The van der Waals surface area contributed by atoms with E-state index in [1.807, 2.05) is 19.1 Å². The molecule has 0 aromatic heterocycles. The lowest BCUT2D eigenvalue weighted by Crippen LogP contribution is -2.23. The lowest BCUT2D eigenvalue weighted by Gasteiger charge is -2.13.